The first-order valence-corrected chi connectivity index (χ1v) is 7.72. The molecule has 108 valence electrons. The summed E-state index contributed by atoms with van der Waals surface area (Å²) in [5.74, 6) is 0. The second-order valence-corrected chi connectivity index (χ2v) is 6.34. The maximum absolute atomic E-state index is 4.48. The topological polar surface area (TPSA) is 29.9 Å². The molecule has 0 aliphatic rings. The number of rotatable bonds is 4. The van der Waals surface area contributed by atoms with Crippen LogP contribution >= 0.6 is 15.9 Å². The van der Waals surface area contributed by atoms with Crippen LogP contribution in [-0.2, 0) is 0 Å². The summed E-state index contributed by atoms with van der Waals surface area (Å²) < 4.78 is 3.12. The van der Waals surface area contributed by atoms with Gasteiger partial charge in [0.25, 0.3) is 0 Å². The van der Waals surface area contributed by atoms with Gasteiger partial charge in [-0.15, -0.1) is 0 Å². The summed E-state index contributed by atoms with van der Waals surface area (Å²) in [7, 11) is 1.99. The Morgan fingerprint density at radius 3 is 2.45 bits per heavy atom. The van der Waals surface area contributed by atoms with Crippen molar-refractivity contribution in [2.75, 3.05) is 7.05 Å². The third-order valence-electron chi connectivity index (χ3n) is 3.70. The standard InChI is InChI=1S/C16H22BrN3/c1-10(2)20-16(14(17)9-19-20)15(18-5)13-7-6-11(3)12(4)8-13/h6-10,15,18H,1-5H3. The Balaban J connectivity index is 2.52. The fraction of sp³-hybridized carbons (Fsp3) is 0.438. The van der Waals surface area contributed by atoms with Crippen LogP contribution in [0.25, 0.3) is 0 Å². The molecule has 1 unspecified atom stereocenters. The monoisotopic (exact) mass is 335 g/mol. The van der Waals surface area contributed by atoms with E-state index in [1.165, 1.54) is 22.4 Å². The SMILES string of the molecule is CNC(c1ccc(C)c(C)c1)c1c(Br)cnn1C(C)C. The highest BCUT2D eigenvalue weighted by Crippen LogP contribution is 2.31. The predicted molar refractivity (Wildman–Crippen MR) is 87.1 cm³/mol. The van der Waals surface area contributed by atoms with Crippen molar-refractivity contribution in [3.63, 3.8) is 0 Å². The van der Waals surface area contributed by atoms with Gasteiger partial charge < -0.3 is 5.32 Å². The molecular formula is C16H22BrN3. The lowest BCUT2D eigenvalue weighted by molar-refractivity contribution is 0.483. The van der Waals surface area contributed by atoms with Gasteiger partial charge in [-0.2, -0.15) is 5.10 Å². The average Bonchev–Trinajstić information content (AvgIpc) is 2.77. The first-order chi connectivity index (χ1) is 9.45. The number of hydrogen-bond acceptors (Lipinski definition) is 2. The van der Waals surface area contributed by atoms with E-state index in [1.807, 2.05) is 13.2 Å². The maximum Gasteiger partial charge on any atom is 0.0757 e. The molecule has 20 heavy (non-hydrogen) atoms. The molecule has 0 bridgehead atoms. The molecule has 0 spiro atoms. The zero-order valence-electron chi connectivity index (χ0n) is 12.7. The molecule has 1 N–H and O–H groups in total. The maximum atomic E-state index is 4.48. The Bertz CT molecular complexity index is 602. The van der Waals surface area contributed by atoms with Gasteiger partial charge in [-0.1, -0.05) is 18.2 Å². The lowest BCUT2D eigenvalue weighted by atomic mass is 9.99. The average molecular weight is 336 g/mol. The minimum Gasteiger partial charge on any atom is -0.308 e. The summed E-state index contributed by atoms with van der Waals surface area (Å²) in [5, 5.41) is 7.89. The molecule has 1 aromatic carbocycles. The van der Waals surface area contributed by atoms with Crippen LogP contribution in [0.5, 0.6) is 0 Å². The van der Waals surface area contributed by atoms with E-state index in [4.69, 9.17) is 0 Å². The van der Waals surface area contributed by atoms with E-state index >= 15 is 0 Å². The summed E-state index contributed by atoms with van der Waals surface area (Å²) in [4.78, 5) is 0. The van der Waals surface area contributed by atoms with Gasteiger partial charge in [0.15, 0.2) is 0 Å². The number of benzene rings is 1. The van der Waals surface area contributed by atoms with Gasteiger partial charge in [0.1, 0.15) is 0 Å². The molecular weight excluding hydrogens is 314 g/mol. The van der Waals surface area contributed by atoms with Crippen LogP contribution in [0.1, 0.15) is 48.3 Å². The van der Waals surface area contributed by atoms with E-state index in [1.54, 1.807) is 0 Å². The number of aryl methyl sites for hydroxylation is 2. The van der Waals surface area contributed by atoms with Crippen LogP contribution in [0, 0.1) is 13.8 Å². The Kier molecular flexibility index (Phi) is 4.66. The van der Waals surface area contributed by atoms with Crippen molar-refractivity contribution in [3.8, 4) is 0 Å². The third-order valence-corrected chi connectivity index (χ3v) is 4.31. The smallest absolute Gasteiger partial charge is 0.0757 e. The van der Waals surface area contributed by atoms with Crippen LogP contribution in [-0.4, -0.2) is 16.8 Å². The molecule has 2 rings (SSSR count). The Hall–Kier alpha value is -1.13. The Morgan fingerprint density at radius 1 is 1.20 bits per heavy atom. The molecule has 0 radical (unpaired) electrons. The molecule has 4 heteroatoms. The predicted octanol–water partition coefficient (Wildman–Crippen LogP) is 4.15. The van der Waals surface area contributed by atoms with Crippen LogP contribution in [0.2, 0.25) is 0 Å². The zero-order valence-corrected chi connectivity index (χ0v) is 14.3. The summed E-state index contributed by atoms with van der Waals surface area (Å²) in [6.07, 6.45) is 1.88. The van der Waals surface area contributed by atoms with Gasteiger partial charge >= 0.3 is 0 Å². The van der Waals surface area contributed by atoms with Crippen LogP contribution in [0.4, 0.5) is 0 Å². The number of aromatic nitrogens is 2. The summed E-state index contributed by atoms with van der Waals surface area (Å²) in [5.41, 5.74) is 5.07. The highest BCUT2D eigenvalue weighted by molar-refractivity contribution is 9.10. The molecule has 0 saturated heterocycles. The van der Waals surface area contributed by atoms with Crippen LogP contribution in [0.15, 0.2) is 28.9 Å². The first kappa shape index (κ1) is 15.3. The lowest BCUT2D eigenvalue weighted by Crippen LogP contribution is -2.23. The minimum atomic E-state index is 0.133. The molecule has 2 aromatic rings. The molecule has 1 atom stereocenters. The summed E-state index contributed by atoms with van der Waals surface area (Å²) in [6.45, 7) is 8.59. The fourth-order valence-corrected chi connectivity index (χ4v) is 2.94. The van der Waals surface area contributed by atoms with Crippen molar-refractivity contribution in [1.29, 1.82) is 0 Å². The van der Waals surface area contributed by atoms with Gasteiger partial charge in [0.2, 0.25) is 0 Å². The minimum absolute atomic E-state index is 0.133. The van der Waals surface area contributed by atoms with Crippen molar-refractivity contribution >= 4 is 15.9 Å². The van der Waals surface area contributed by atoms with Gasteiger partial charge in [0.05, 0.1) is 22.4 Å². The Morgan fingerprint density at radius 2 is 1.90 bits per heavy atom. The molecule has 1 aromatic heterocycles. The van der Waals surface area contributed by atoms with E-state index in [9.17, 15) is 0 Å². The summed E-state index contributed by atoms with van der Waals surface area (Å²) >= 11 is 3.63. The van der Waals surface area contributed by atoms with E-state index in [0.29, 0.717) is 6.04 Å². The van der Waals surface area contributed by atoms with Crippen molar-refractivity contribution in [2.24, 2.45) is 0 Å². The normalized spacial score (nSPS) is 12.9. The highest BCUT2D eigenvalue weighted by Gasteiger charge is 2.22. The molecule has 0 aliphatic carbocycles. The number of halogens is 1. The zero-order chi connectivity index (χ0) is 14.9. The highest BCUT2D eigenvalue weighted by atomic mass is 79.9. The fourth-order valence-electron chi connectivity index (χ4n) is 2.44. The van der Waals surface area contributed by atoms with Gasteiger partial charge in [-0.3, -0.25) is 4.68 Å². The van der Waals surface area contributed by atoms with E-state index in [-0.39, 0.29) is 6.04 Å². The van der Waals surface area contributed by atoms with Gasteiger partial charge in [-0.05, 0) is 67.4 Å². The number of nitrogens with one attached hydrogen (secondary N) is 1. The van der Waals surface area contributed by atoms with Crippen molar-refractivity contribution < 1.29 is 0 Å². The molecule has 0 aliphatic heterocycles. The Labute approximate surface area is 129 Å². The second kappa shape index (κ2) is 6.10. The largest absolute Gasteiger partial charge is 0.308 e. The number of hydrogen-bond donors (Lipinski definition) is 1. The van der Waals surface area contributed by atoms with Crippen molar-refractivity contribution in [1.82, 2.24) is 15.1 Å². The van der Waals surface area contributed by atoms with E-state index in [0.717, 1.165) is 4.47 Å². The molecule has 0 saturated carbocycles. The number of nitrogens with zero attached hydrogens (tertiary/aromatic N) is 2. The quantitative estimate of drug-likeness (QED) is 0.909. The third kappa shape index (κ3) is 2.81. The van der Waals surface area contributed by atoms with Crippen LogP contribution < -0.4 is 5.32 Å². The van der Waals surface area contributed by atoms with Gasteiger partial charge in [0, 0.05) is 6.04 Å². The van der Waals surface area contributed by atoms with Crippen molar-refractivity contribution in [2.45, 2.75) is 39.8 Å². The molecule has 1 heterocycles. The van der Waals surface area contributed by atoms with Crippen molar-refractivity contribution in [3.05, 3.63) is 51.3 Å². The van der Waals surface area contributed by atoms with Crippen LogP contribution in [0.3, 0.4) is 0 Å². The first-order valence-electron chi connectivity index (χ1n) is 6.93. The van der Waals surface area contributed by atoms with E-state index < -0.39 is 0 Å². The summed E-state index contributed by atoms with van der Waals surface area (Å²) in [6, 6.07) is 7.08. The second-order valence-electron chi connectivity index (χ2n) is 5.48. The molecule has 0 amide bonds. The molecule has 0 fully saturated rings. The lowest BCUT2D eigenvalue weighted by Gasteiger charge is -2.22. The molecule has 3 nitrogen and oxygen atoms in total. The van der Waals surface area contributed by atoms with Gasteiger partial charge in [-0.25, -0.2) is 0 Å². The van der Waals surface area contributed by atoms with E-state index in [2.05, 4.69) is 76.9 Å².